The van der Waals surface area contributed by atoms with E-state index in [2.05, 4.69) is 44.5 Å². The Balaban J connectivity index is 2.15. The van der Waals surface area contributed by atoms with Crippen molar-refractivity contribution in [1.29, 1.82) is 5.26 Å². The van der Waals surface area contributed by atoms with Crippen LogP contribution < -0.4 is 5.32 Å². The Hall–Kier alpha value is -3.13. The summed E-state index contributed by atoms with van der Waals surface area (Å²) in [5, 5.41) is 12.4. The Kier molecular flexibility index (Phi) is 3.82. The molecular weight excluding hydrogens is 286 g/mol. The van der Waals surface area contributed by atoms with E-state index in [9.17, 15) is 5.26 Å². The molecule has 0 fully saturated rings. The molecule has 0 radical (unpaired) electrons. The topological polar surface area (TPSA) is 77.4 Å². The molecule has 0 bridgehead atoms. The first-order valence-electron chi connectivity index (χ1n) is 7.34. The summed E-state index contributed by atoms with van der Waals surface area (Å²) in [6, 6.07) is 12.1. The minimum Gasteiger partial charge on any atom is -0.357 e. The molecule has 2 N–H and O–H groups in total. The molecule has 0 aliphatic rings. The number of aromatic amines is 1. The van der Waals surface area contributed by atoms with Gasteiger partial charge in [-0.05, 0) is 37.6 Å². The molecule has 5 heteroatoms. The monoisotopic (exact) mass is 303 g/mol. The third-order valence-corrected chi connectivity index (χ3v) is 3.76. The van der Waals surface area contributed by atoms with Crippen LogP contribution in [-0.2, 0) is 0 Å². The van der Waals surface area contributed by atoms with Gasteiger partial charge in [0.05, 0.1) is 22.6 Å². The van der Waals surface area contributed by atoms with Gasteiger partial charge in [0.1, 0.15) is 6.07 Å². The van der Waals surface area contributed by atoms with Gasteiger partial charge in [0.15, 0.2) is 0 Å². The first-order valence-corrected chi connectivity index (χ1v) is 7.34. The summed E-state index contributed by atoms with van der Waals surface area (Å²) in [6.07, 6.45) is 1.69. The fourth-order valence-electron chi connectivity index (χ4n) is 2.53. The molecule has 0 unspecified atom stereocenters. The third-order valence-electron chi connectivity index (χ3n) is 3.76. The van der Waals surface area contributed by atoms with Crippen LogP contribution in [0, 0.1) is 25.2 Å². The molecule has 2 aromatic heterocycles. The van der Waals surface area contributed by atoms with E-state index in [0.717, 1.165) is 33.8 Å². The third kappa shape index (κ3) is 2.79. The summed E-state index contributed by atoms with van der Waals surface area (Å²) >= 11 is 0. The maximum Gasteiger partial charge on any atom is 0.222 e. The second-order valence-corrected chi connectivity index (χ2v) is 5.42. The average Bonchev–Trinajstić information content (AvgIpc) is 3.01. The number of nitrogens with zero attached hydrogens (tertiary/aromatic N) is 3. The number of aryl methyl sites for hydroxylation is 2. The van der Waals surface area contributed by atoms with Crippen molar-refractivity contribution in [3.8, 4) is 28.7 Å². The quantitative estimate of drug-likeness (QED) is 0.774. The molecule has 0 aliphatic heterocycles. The Morgan fingerprint density at radius 1 is 1.17 bits per heavy atom. The number of hydrogen-bond donors (Lipinski definition) is 2. The number of anilines is 1. The van der Waals surface area contributed by atoms with Gasteiger partial charge in [-0.15, -0.1) is 0 Å². The molecule has 0 aliphatic carbocycles. The van der Waals surface area contributed by atoms with Crippen molar-refractivity contribution in [2.24, 2.45) is 0 Å². The molecule has 0 atom stereocenters. The predicted molar refractivity (Wildman–Crippen MR) is 91.0 cm³/mol. The zero-order chi connectivity index (χ0) is 16.4. The van der Waals surface area contributed by atoms with Crippen molar-refractivity contribution in [3.05, 3.63) is 53.2 Å². The lowest BCUT2D eigenvalue weighted by Crippen LogP contribution is -1.96. The molecule has 114 valence electrons. The maximum atomic E-state index is 9.49. The Morgan fingerprint density at radius 3 is 2.74 bits per heavy atom. The van der Waals surface area contributed by atoms with Crippen molar-refractivity contribution in [2.75, 3.05) is 12.4 Å². The van der Waals surface area contributed by atoms with Gasteiger partial charge in [-0.2, -0.15) is 5.26 Å². The van der Waals surface area contributed by atoms with Crippen molar-refractivity contribution in [1.82, 2.24) is 15.0 Å². The van der Waals surface area contributed by atoms with Gasteiger partial charge in [-0.3, -0.25) is 0 Å². The van der Waals surface area contributed by atoms with Gasteiger partial charge in [-0.1, -0.05) is 17.7 Å². The van der Waals surface area contributed by atoms with E-state index in [-0.39, 0.29) is 0 Å². The van der Waals surface area contributed by atoms with Crippen LogP contribution in [0.3, 0.4) is 0 Å². The van der Waals surface area contributed by atoms with Gasteiger partial charge in [0.25, 0.3) is 0 Å². The number of H-pyrrole nitrogens is 1. The van der Waals surface area contributed by atoms with Gasteiger partial charge >= 0.3 is 0 Å². The van der Waals surface area contributed by atoms with E-state index in [4.69, 9.17) is 0 Å². The van der Waals surface area contributed by atoms with Crippen LogP contribution in [-0.4, -0.2) is 22.0 Å². The molecule has 3 rings (SSSR count). The largest absolute Gasteiger partial charge is 0.357 e. The fraction of sp³-hybridized carbons (Fsp3) is 0.167. The summed E-state index contributed by atoms with van der Waals surface area (Å²) in [4.78, 5) is 11.9. The molecule has 0 amide bonds. The molecule has 0 saturated carbocycles. The molecule has 23 heavy (non-hydrogen) atoms. The van der Waals surface area contributed by atoms with E-state index in [0.29, 0.717) is 11.5 Å². The van der Waals surface area contributed by atoms with Crippen LogP contribution >= 0.6 is 0 Å². The van der Waals surface area contributed by atoms with E-state index in [1.165, 1.54) is 0 Å². The molecule has 0 saturated heterocycles. The zero-order valence-corrected chi connectivity index (χ0v) is 13.3. The van der Waals surface area contributed by atoms with Crippen molar-refractivity contribution >= 4 is 5.95 Å². The summed E-state index contributed by atoms with van der Waals surface area (Å²) in [6.45, 7) is 4.09. The fourth-order valence-corrected chi connectivity index (χ4v) is 2.53. The van der Waals surface area contributed by atoms with E-state index in [1.807, 2.05) is 26.0 Å². The number of aromatic nitrogens is 3. The molecule has 1 aromatic carbocycles. The second kappa shape index (κ2) is 5.93. The van der Waals surface area contributed by atoms with Crippen molar-refractivity contribution < 1.29 is 0 Å². The Bertz CT molecular complexity index is 902. The van der Waals surface area contributed by atoms with Crippen molar-refractivity contribution in [3.63, 3.8) is 0 Å². The number of nitrogens with one attached hydrogen (secondary N) is 2. The maximum absolute atomic E-state index is 9.49. The first-order chi connectivity index (χ1) is 11.1. The van der Waals surface area contributed by atoms with Gasteiger partial charge in [-0.25, -0.2) is 9.97 Å². The first kappa shape index (κ1) is 14.8. The second-order valence-electron chi connectivity index (χ2n) is 5.42. The number of hydrogen-bond acceptors (Lipinski definition) is 4. The van der Waals surface area contributed by atoms with Crippen LogP contribution in [0.2, 0.25) is 0 Å². The minimum absolute atomic E-state index is 0.545. The standard InChI is InChI=1S/C18H17N5/c1-11-4-5-12(2)14(8-11)17-13(10-19)9-16(22-17)15-6-7-21-18(20-3)23-15/h4-9,22H,1-3H3,(H,20,21,23). The lowest BCUT2D eigenvalue weighted by molar-refractivity contribution is 1.14. The van der Waals surface area contributed by atoms with Crippen molar-refractivity contribution in [2.45, 2.75) is 13.8 Å². The highest BCUT2D eigenvalue weighted by atomic mass is 15.1. The molecule has 3 aromatic rings. The van der Waals surface area contributed by atoms with Crippen LogP contribution in [0.1, 0.15) is 16.7 Å². The highest BCUT2D eigenvalue weighted by Gasteiger charge is 2.14. The highest BCUT2D eigenvalue weighted by molar-refractivity contribution is 5.75. The highest BCUT2D eigenvalue weighted by Crippen LogP contribution is 2.30. The summed E-state index contributed by atoms with van der Waals surface area (Å²) in [5.74, 6) is 0.545. The molecule has 5 nitrogen and oxygen atoms in total. The van der Waals surface area contributed by atoms with Crippen LogP contribution in [0.5, 0.6) is 0 Å². The molecule has 2 heterocycles. The lowest BCUT2D eigenvalue weighted by Gasteiger charge is -2.06. The number of rotatable bonds is 3. The summed E-state index contributed by atoms with van der Waals surface area (Å²) in [5.41, 5.74) is 6.31. The van der Waals surface area contributed by atoms with E-state index >= 15 is 0 Å². The normalized spacial score (nSPS) is 10.3. The average molecular weight is 303 g/mol. The van der Waals surface area contributed by atoms with Gasteiger partial charge in [0.2, 0.25) is 5.95 Å². The minimum atomic E-state index is 0.545. The van der Waals surface area contributed by atoms with Crippen LogP contribution in [0.15, 0.2) is 36.5 Å². The van der Waals surface area contributed by atoms with Crippen LogP contribution in [0.4, 0.5) is 5.95 Å². The Morgan fingerprint density at radius 2 is 2.00 bits per heavy atom. The summed E-state index contributed by atoms with van der Waals surface area (Å²) in [7, 11) is 1.77. The Labute approximate surface area is 135 Å². The lowest BCUT2D eigenvalue weighted by atomic mass is 10.0. The zero-order valence-electron chi connectivity index (χ0n) is 13.3. The van der Waals surface area contributed by atoms with E-state index in [1.54, 1.807) is 13.2 Å². The van der Waals surface area contributed by atoms with Crippen LogP contribution in [0.25, 0.3) is 22.6 Å². The van der Waals surface area contributed by atoms with Gasteiger partial charge < -0.3 is 10.3 Å². The molecule has 0 spiro atoms. The summed E-state index contributed by atoms with van der Waals surface area (Å²) < 4.78 is 0. The molecular formula is C18H17N5. The number of nitriles is 1. The predicted octanol–water partition coefficient (Wildman–Crippen LogP) is 3.67. The SMILES string of the molecule is CNc1nccc(-c2cc(C#N)c(-c3cc(C)ccc3C)[nH]2)n1. The smallest absolute Gasteiger partial charge is 0.222 e. The van der Waals surface area contributed by atoms with Gasteiger partial charge in [0, 0.05) is 18.8 Å². The van der Waals surface area contributed by atoms with E-state index < -0.39 is 0 Å². The number of benzene rings is 1.